The van der Waals surface area contributed by atoms with Gasteiger partial charge in [0.1, 0.15) is 11.6 Å². The number of hydrogen-bond acceptors (Lipinski definition) is 7. The van der Waals surface area contributed by atoms with Crippen molar-refractivity contribution >= 4 is 34.7 Å². The molecule has 1 aromatic carbocycles. The zero-order valence-corrected chi connectivity index (χ0v) is 16.4. The van der Waals surface area contributed by atoms with Crippen LogP contribution in [0.2, 0.25) is 0 Å². The van der Waals surface area contributed by atoms with E-state index >= 15 is 0 Å². The minimum absolute atomic E-state index is 0.0902. The first-order chi connectivity index (χ1) is 14.1. The maximum Gasteiger partial charge on any atom is 0.288 e. The largest absolute Gasteiger partial charge is 0.343 e. The van der Waals surface area contributed by atoms with Gasteiger partial charge in [-0.25, -0.2) is 9.99 Å². The summed E-state index contributed by atoms with van der Waals surface area (Å²) in [6.45, 7) is 2.15. The van der Waals surface area contributed by atoms with Crippen LogP contribution in [0.1, 0.15) is 10.6 Å². The Bertz CT molecular complexity index is 1060. The van der Waals surface area contributed by atoms with E-state index in [0.717, 1.165) is 21.8 Å². The molecule has 0 unspecified atom stereocenters. The predicted molar refractivity (Wildman–Crippen MR) is 111 cm³/mol. The van der Waals surface area contributed by atoms with Crippen LogP contribution < -0.4 is 15.8 Å². The molecule has 8 nitrogen and oxygen atoms in total. The quantitative estimate of drug-likeness (QED) is 0.676. The van der Waals surface area contributed by atoms with E-state index in [9.17, 15) is 9.59 Å². The Morgan fingerprint density at radius 1 is 1.21 bits per heavy atom. The second-order valence-corrected chi connectivity index (χ2v) is 7.33. The van der Waals surface area contributed by atoms with E-state index in [0.29, 0.717) is 5.69 Å². The summed E-state index contributed by atoms with van der Waals surface area (Å²) in [7, 11) is 0. The van der Waals surface area contributed by atoms with Crippen molar-refractivity contribution < 1.29 is 9.59 Å². The van der Waals surface area contributed by atoms with Gasteiger partial charge in [-0.05, 0) is 31.2 Å². The molecule has 3 heterocycles. The fourth-order valence-electron chi connectivity index (χ4n) is 2.73. The summed E-state index contributed by atoms with van der Waals surface area (Å²) in [4.78, 5) is 37.3. The van der Waals surface area contributed by atoms with E-state index in [1.165, 1.54) is 16.3 Å². The third kappa shape index (κ3) is 4.30. The van der Waals surface area contributed by atoms with Gasteiger partial charge in [0.2, 0.25) is 5.84 Å². The van der Waals surface area contributed by atoms with Crippen LogP contribution in [0, 0.1) is 6.92 Å². The maximum absolute atomic E-state index is 12.5. The van der Waals surface area contributed by atoms with Gasteiger partial charge in [0, 0.05) is 23.3 Å². The lowest BCUT2D eigenvalue weighted by molar-refractivity contribution is -0.118. The molecule has 2 N–H and O–H groups in total. The summed E-state index contributed by atoms with van der Waals surface area (Å²) in [6, 6.07) is 11.2. The highest BCUT2D eigenvalue weighted by molar-refractivity contribution is 7.09. The normalized spacial score (nSPS) is 13.6. The van der Waals surface area contributed by atoms with Gasteiger partial charge >= 0.3 is 0 Å². The molecule has 29 heavy (non-hydrogen) atoms. The molecule has 0 saturated heterocycles. The van der Waals surface area contributed by atoms with Crippen molar-refractivity contribution in [3.8, 4) is 11.3 Å². The molecule has 3 aromatic rings. The smallest absolute Gasteiger partial charge is 0.288 e. The number of pyridine rings is 1. The van der Waals surface area contributed by atoms with E-state index in [4.69, 9.17) is 0 Å². The van der Waals surface area contributed by atoms with Crippen molar-refractivity contribution in [2.75, 3.05) is 11.6 Å². The number of carbonyl (C=O) groups excluding carboxylic acids is 2. The number of nitrogens with zero attached hydrogens (tertiary/aromatic N) is 4. The molecule has 0 radical (unpaired) electrons. The number of anilines is 1. The number of amidine groups is 1. The first kappa shape index (κ1) is 18.8. The second-order valence-electron chi connectivity index (χ2n) is 6.39. The van der Waals surface area contributed by atoms with Gasteiger partial charge in [0.15, 0.2) is 0 Å². The van der Waals surface area contributed by atoms with Crippen LogP contribution in [-0.4, -0.2) is 34.2 Å². The van der Waals surface area contributed by atoms with Gasteiger partial charge < -0.3 is 5.32 Å². The molecule has 1 aliphatic rings. The predicted octanol–water partition coefficient (Wildman–Crippen LogP) is 2.08. The van der Waals surface area contributed by atoms with Gasteiger partial charge in [0.25, 0.3) is 11.8 Å². The number of carbonyl (C=O) groups is 2. The topological polar surface area (TPSA) is 99.6 Å². The standard InChI is InChI=1S/C20H18N6O2S/c1-13-2-4-15(5-3-13)26-18(27)11-22-19(25-26)20(28)23-10-17-24-16(12-29-17)14-6-8-21-9-7-14/h2-9,12H,10-11H2,1H3,(H,22,25)(H,23,28). The summed E-state index contributed by atoms with van der Waals surface area (Å²) in [5, 5.41) is 6.84. The van der Waals surface area contributed by atoms with Crippen LogP contribution in [0.4, 0.5) is 5.69 Å². The lowest BCUT2D eigenvalue weighted by Gasteiger charge is -2.27. The summed E-state index contributed by atoms with van der Waals surface area (Å²) >= 11 is 1.46. The van der Waals surface area contributed by atoms with Crippen LogP contribution in [0.25, 0.3) is 11.3 Å². The molecular weight excluding hydrogens is 388 g/mol. The molecule has 0 bridgehead atoms. The number of aryl methyl sites for hydroxylation is 1. The monoisotopic (exact) mass is 406 g/mol. The number of nitrogens with one attached hydrogen (secondary N) is 2. The number of thiazole rings is 1. The average molecular weight is 406 g/mol. The lowest BCUT2D eigenvalue weighted by Crippen LogP contribution is -2.55. The molecule has 146 valence electrons. The summed E-state index contributed by atoms with van der Waals surface area (Å²) in [5.41, 5.74) is 6.35. The first-order valence-corrected chi connectivity index (χ1v) is 9.82. The Morgan fingerprint density at radius 3 is 2.72 bits per heavy atom. The fraction of sp³-hybridized carbons (Fsp3) is 0.150. The van der Waals surface area contributed by atoms with Crippen LogP contribution in [0.15, 0.2) is 59.2 Å². The van der Waals surface area contributed by atoms with Crippen molar-refractivity contribution in [3.05, 3.63) is 64.7 Å². The number of hydrogen-bond donors (Lipinski definition) is 2. The van der Waals surface area contributed by atoms with Crippen LogP contribution >= 0.6 is 11.3 Å². The SMILES string of the molecule is Cc1ccc(N2NC(C(=O)NCc3nc(-c4ccncc4)cs3)=NCC2=O)cc1. The molecular formula is C20H18N6O2S. The Kier molecular flexibility index (Phi) is 5.30. The number of aromatic nitrogens is 2. The fourth-order valence-corrected chi connectivity index (χ4v) is 3.48. The van der Waals surface area contributed by atoms with Gasteiger partial charge in [-0.2, -0.15) is 0 Å². The minimum Gasteiger partial charge on any atom is -0.343 e. The number of aliphatic imine (C=N–C) groups is 1. The molecule has 2 aromatic heterocycles. The van der Waals surface area contributed by atoms with Crippen LogP contribution in [-0.2, 0) is 16.1 Å². The van der Waals surface area contributed by atoms with Crippen molar-refractivity contribution in [2.24, 2.45) is 4.99 Å². The molecule has 0 aliphatic carbocycles. The molecule has 0 fully saturated rings. The Labute approximate surface area is 171 Å². The van der Waals surface area contributed by atoms with Crippen LogP contribution in [0.5, 0.6) is 0 Å². The third-order valence-corrected chi connectivity index (χ3v) is 5.12. The minimum atomic E-state index is -0.393. The van der Waals surface area contributed by atoms with Crippen molar-refractivity contribution in [3.63, 3.8) is 0 Å². The zero-order chi connectivity index (χ0) is 20.2. The molecule has 2 amide bonds. The van der Waals surface area contributed by atoms with E-state index in [1.807, 2.05) is 48.7 Å². The van der Waals surface area contributed by atoms with Crippen molar-refractivity contribution in [1.82, 2.24) is 20.7 Å². The lowest BCUT2D eigenvalue weighted by atomic mass is 10.2. The van der Waals surface area contributed by atoms with Gasteiger partial charge in [-0.3, -0.25) is 25.0 Å². The van der Waals surface area contributed by atoms with Crippen LogP contribution in [0.3, 0.4) is 0 Å². The number of benzene rings is 1. The molecule has 0 atom stereocenters. The Hall–Kier alpha value is -3.59. The van der Waals surface area contributed by atoms with E-state index in [1.54, 1.807) is 12.4 Å². The highest BCUT2D eigenvalue weighted by Crippen LogP contribution is 2.21. The molecule has 1 aliphatic heterocycles. The van der Waals surface area contributed by atoms with Crippen molar-refractivity contribution in [1.29, 1.82) is 0 Å². The van der Waals surface area contributed by atoms with E-state index < -0.39 is 5.91 Å². The highest BCUT2D eigenvalue weighted by Gasteiger charge is 2.25. The number of rotatable bonds is 5. The van der Waals surface area contributed by atoms with Gasteiger partial charge in [-0.1, -0.05) is 17.7 Å². The average Bonchev–Trinajstić information content (AvgIpc) is 3.23. The summed E-state index contributed by atoms with van der Waals surface area (Å²) < 4.78 is 0. The Balaban J connectivity index is 1.39. The molecule has 0 saturated carbocycles. The number of amides is 2. The van der Waals surface area contributed by atoms with E-state index in [-0.39, 0.29) is 24.8 Å². The first-order valence-electron chi connectivity index (χ1n) is 8.94. The van der Waals surface area contributed by atoms with Crippen molar-refractivity contribution in [2.45, 2.75) is 13.5 Å². The zero-order valence-electron chi connectivity index (χ0n) is 15.6. The van der Waals surface area contributed by atoms with Gasteiger partial charge in [-0.15, -0.1) is 11.3 Å². The maximum atomic E-state index is 12.5. The second kappa shape index (κ2) is 8.19. The third-order valence-electron chi connectivity index (χ3n) is 4.27. The molecule has 9 heteroatoms. The number of hydrazine groups is 1. The molecule has 4 rings (SSSR count). The highest BCUT2D eigenvalue weighted by atomic mass is 32.1. The van der Waals surface area contributed by atoms with Gasteiger partial charge in [0.05, 0.1) is 17.9 Å². The summed E-state index contributed by atoms with van der Waals surface area (Å²) in [5.74, 6) is -0.529. The Morgan fingerprint density at radius 2 is 1.97 bits per heavy atom. The summed E-state index contributed by atoms with van der Waals surface area (Å²) in [6.07, 6.45) is 3.42. The van der Waals surface area contributed by atoms with E-state index in [2.05, 4.69) is 25.7 Å². The molecule has 0 spiro atoms.